The molecule has 0 radical (unpaired) electrons. The Kier molecular flexibility index (Phi) is 7.20. The van der Waals surface area contributed by atoms with Crippen molar-refractivity contribution >= 4 is 41.3 Å². The van der Waals surface area contributed by atoms with Gasteiger partial charge in [-0.15, -0.1) is 0 Å². The first-order valence-corrected chi connectivity index (χ1v) is 9.17. The van der Waals surface area contributed by atoms with Crippen molar-refractivity contribution in [3.63, 3.8) is 0 Å². The van der Waals surface area contributed by atoms with Crippen molar-refractivity contribution in [1.29, 1.82) is 0 Å². The molecule has 0 saturated carbocycles. The first kappa shape index (κ1) is 20.7. The number of benzene rings is 1. The lowest BCUT2D eigenvalue weighted by Gasteiger charge is -2.20. The highest BCUT2D eigenvalue weighted by Gasteiger charge is 2.29. The van der Waals surface area contributed by atoms with Gasteiger partial charge in [-0.3, -0.25) is 10.1 Å². The zero-order valence-electron chi connectivity index (χ0n) is 14.6. The number of hydrogen-bond donors (Lipinski definition) is 2. The Hall–Kier alpha value is -2.58. The molecule has 2 rings (SSSR count). The van der Waals surface area contributed by atoms with E-state index in [2.05, 4.69) is 4.98 Å². The molecule has 27 heavy (non-hydrogen) atoms. The normalized spacial score (nSPS) is 11.7. The molecule has 0 aliphatic rings. The van der Waals surface area contributed by atoms with E-state index in [1.54, 1.807) is 56.4 Å². The van der Waals surface area contributed by atoms with Crippen molar-refractivity contribution in [2.24, 2.45) is 11.7 Å². The van der Waals surface area contributed by atoms with E-state index in [9.17, 15) is 14.4 Å². The molecule has 0 unspecified atom stereocenters. The predicted octanol–water partition coefficient (Wildman–Crippen LogP) is 3.26. The number of carbonyl (C=O) groups excluding carboxylic acids is 3. The molecular formula is C18H18ClN3O4S. The van der Waals surface area contributed by atoms with Crippen LogP contribution in [0.5, 0.6) is 0 Å². The molecule has 1 atom stereocenters. The molecular weight excluding hydrogens is 390 g/mol. The first-order valence-electron chi connectivity index (χ1n) is 7.97. The van der Waals surface area contributed by atoms with Gasteiger partial charge in [0.25, 0.3) is 5.91 Å². The largest absolute Gasteiger partial charge is 0.448 e. The van der Waals surface area contributed by atoms with Gasteiger partial charge in [-0.1, -0.05) is 37.2 Å². The molecule has 2 aromatic rings. The molecule has 9 heteroatoms. The summed E-state index contributed by atoms with van der Waals surface area (Å²) < 4.78 is 5.32. The van der Waals surface area contributed by atoms with Crippen LogP contribution in [0.3, 0.4) is 0 Å². The summed E-state index contributed by atoms with van der Waals surface area (Å²) in [6, 6.07) is 9.19. The summed E-state index contributed by atoms with van der Waals surface area (Å²) in [6.45, 7) is 3.37. The van der Waals surface area contributed by atoms with Crippen LogP contribution in [0.1, 0.15) is 24.2 Å². The van der Waals surface area contributed by atoms with Gasteiger partial charge >= 0.3 is 12.0 Å². The number of amides is 3. The Labute approximate surface area is 165 Å². The third-order valence-corrected chi connectivity index (χ3v) is 4.64. The lowest BCUT2D eigenvalue weighted by atomic mass is 10.1. The Morgan fingerprint density at radius 1 is 1.19 bits per heavy atom. The van der Waals surface area contributed by atoms with Gasteiger partial charge in [0.2, 0.25) is 0 Å². The number of rotatable bonds is 6. The van der Waals surface area contributed by atoms with Crippen LogP contribution in [0.15, 0.2) is 52.5 Å². The number of imide groups is 1. The Morgan fingerprint density at radius 2 is 1.85 bits per heavy atom. The Balaban J connectivity index is 2.21. The molecule has 0 fully saturated rings. The number of urea groups is 1. The van der Waals surface area contributed by atoms with Gasteiger partial charge in [0.1, 0.15) is 5.03 Å². The maximum Gasteiger partial charge on any atom is 0.341 e. The third kappa shape index (κ3) is 5.97. The Bertz CT molecular complexity index is 843. The summed E-state index contributed by atoms with van der Waals surface area (Å²) in [5.74, 6) is -1.86. The molecule has 3 amide bonds. The molecule has 0 saturated heterocycles. The number of nitrogens with one attached hydrogen (secondary N) is 1. The highest BCUT2D eigenvalue weighted by molar-refractivity contribution is 7.99. The fourth-order valence-corrected chi connectivity index (χ4v) is 3.10. The molecule has 7 nitrogen and oxygen atoms in total. The zero-order chi connectivity index (χ0) is 20.0. The van der Waals surface area contributed by atoms with E-state index in [0.717, 1.165) is 4.90 Å². The second kappa shape index (κ2) is 9.38. The third-order valence-electron chi connectivity index (χ3n) is 3.36. The quantitative estimate of drug-likeness (QED) is 0.711. The highest BCUT2D eigenvalue weighted by Crippen LogP contribution is 2.30. The van der Waals surface area contributed by atoms with Crippen molar-refractivity contribution < 1.29 is 19.1 Å². The summed E-state index contributed by atoms with van der Waals surface area (Å²) in [4.78, 5) is 40.6. The molecule has 0 spiro atoms. The molecule has 1 aromatic heterocycles. The highest BCUT2D eigenvalue weighted by atomic mass is 35.5. The average molecular weight is 408 g/mol. The number of carbonyl (C=O) groups is 3. The molecule has 1 aromatic carbocycles. The van der Waals surface area contributed by atoms with Crippen LogP contribution >= 0.6 is 23.4 Å². The van der Waals surface area contributed by atoms with E-state index in [1.807, 2.05) is 5.32 Å². The second-order valence-corrected chi connectivity index (χ2v) is 7.33. The van der Waals surface area contributed by atoms with Crippen LogP contribution < -0.4 is 11.1 Å². The summed E-state index contributed by atoms with van der Waals surface area (Å²) in [7, 11) is 0. The van der Waals surface area contributed by atoms with Gasteiger partial charge < -0.3 is 10.5 Å². The van der Waals surface area contributed by atoms with E-state index < -0.39 is 24.0 Å². The number of halogens is 1. The summed E-state index contributed by atoms with van der Waals surface area (Å²) in [5.41, 5.74) is 5.16. The zero-order valence-corrected chi connectivity index (χ0v) is 16.2. The minimum absolute atomic E-state index is 0.204. The van der Waals surface area contributed by atoms with Crippen LogP contribution in [-0.4, -0.2) is 29.0 Å². The number of hydrogen-bond acceptors (Lipinski definition) is 6. The topological polar surface area (TPSA) is 111 Å². The van der Waals surface area contributed by atoms with Gasteiger partial charge in [0.15, 0.2) is 6.10 Å². The fourth-order valence-electron chi connectivity index (χ4n) is 2.11. The minimum Gasteiger partial charge on any atom is -0.448 e. The monoisotopic (exact) mass is 407 g/mol. The van der Waals surface area contributed by atoms with E-state index in [-0.39, 0.29) is 11.5 Å². The molecule has 0 bridgehead atoms. The fraction of sp³-hybridized carbons (Fsp3) is 0.222. The molecule has 0 aliphatic carbocycles. The van der Waals surface area contributed by atoms with Gasteiger partial charge in [-0.05, 0) is 42.3 Å². The van der Waals surface area contributed by atoms with Crippen molar-refractivity contribution in [2.45, 2.75) is 29.9 Å². The first-order chi connectivity index (χ1) is 12.8. The van der Waals surface area contributed by atoms with Crippen molar-refractivity contribution in [2.75, 3.05) is 0 Å². The number of ether oxygens (including phenoxy) is 1. The number of aromatic nitrogens is 1. The Morgan fingerprint density at radius 3 is 2.44 bits per heavy atom. The van der Waals surface area contributed by atoms with E-state index in [0.29, 0.717) is 10.0 Å². The van der Waals surface area contributed by atoms with Crippen molar-refractivity contribution in [1.82, 2.24) is 10.3 Å². The predicted molar refractivity (Wildman–Crippen MR) is 102 cm³/mol. The molecule has 3 N–H and O–H groups in total. The number of primary amides is 1. The van der Waals surface area contributed by atoms with Gasteiger partial charge in [0.05, 0.1) is 5.56 Å². The molecule has 0 aliphatic heterocycles. The number of nitrogens with zero attached hydrogens (tertiary/aromatic N) is 1. The SMILES string of the molecule is CC(C)[C@H](OC(=O)c1cccnc1Sc1ccc(Cl)cc1)C(=O)NC(N)=O. The van der Waals surface area contributed by atoms with Crippen LogP contribution in [-0.2, 0) is 9.53 Å². The van der Waals surface area contributed by atoms with Crippen molar-refractivity contribution in [3.8, 4) is 0 Å². The maximum absolute atomic E-state index is 12.6. The average Bonchev–Trinajstić information content (AvgIpc) is 2.61. The van der Waals surface area contributed by atoms with Crippen LogP contribution in [0, 0.1) is 5.92 Å². The molecule has 1 heterocycles. The summed E-state index contributed by atoms with van der Waals surface area (Å²) in [6.07, 6.45) is 0.382. The van der Waals surface area contributed by atoms with Crippen LogP contribution in [0.2, 0.25) is 5.02 Å². The second-order valence-electron chi connectivity index (χ2n) is 5.84. The minimum atomic E-state index is -1.17. The van der Waals surface area contributed by atoms with Gasteiger partial charge in [-0.2, -0.15) is 0 Å². The maximum atomic E-state index is 12.6. The summed E-state index contributed by atoms with van der Waals surface area (Å²) in [5, 5.41) is 2.95. The van der Waals surface area contributed by atoms with Gasteiger partial charge in [0, 0.05) is 16.1 Å². The smallest absolute Gasteiger partial charge is 0.341 e. The lowest BCUT2D eigenvalue weighted by molar-refractivity contribution is -0.130. The molecule has 142 valence electrons. The van der Waals surface area contributed by atoms with E-state index in [4.69, 9.17) is 22.1 Å². The standard InChI is InChI=1S/C18H18ClN3O4S/c1-10(2)14(15(23)22-18(20)25)26-17(24)13-4-3-9-21-16(13)27-12-7-5-11(19)6-8-12/h3-10,14H,1-2H3,(H3,20,22,23,25)/t14-/m0/s1. The van der Waals surface area contributed by atoms with E-state index >= 15 is 0 Å². The number of nitrogens with two attached hydrogens (primary N) is 1. The lowest BCUT2D eigenvalue weighted by Crippen LogP contribution is -2.45. The number of esters is 1. The van der Waals surface area contributed by atoms with Crippen LogP contribution in [0.25, 0.3) is 0 Å². The number of pyridine rings is 1. The van der Waals surface area contributed by atoms with Crippen molar-refractivity contribution in [3.05, 3.63) is 53.2 Å². The van der Waals surface area contributed by atoms with Crippen LogP contribution in [0.4, 0.5) is 4.79 Å². The summed E-state index contributed by atoms with van der Waals surface area (Å²) >= 11 is 7.14. The van der Waals surface area contributed by atoms with E-state index in [1.165, 1.54) is 11.8 Å². The van der Waals surface area contributed by atoms with Gasteiger partial charge in [-0.25, -0.2) is 14.6 Å².